The predicted molar refractivity (Wildman–Crippen MR) is 112 cm³/mol. The van der Waals surface area contributed by atoms with Crippen LogP contribution in [0.4, 0.5) is 5.95 Å². The zero-order chi connectivity index (χ0) is 21.0. The van der Waals surface area contributed by atoms with Crippen LogP contribution in [-0.2, 0) is 21.3 Å². The molecule has 9 nitrogen and oxygen atoms in total. The van der Waals surface area contributed by atoms with Crippen LogP contribution in [0, 0.1) is 0 Å². The molecule has 1 rings (SSSR count). The molecule has 0 radical (unpaired) electrons. The highest BCUT2D eigenvalue weighted by atomic mass is 35.5. The summed E-state index contributed by atoms with van der Waals surface area (Å²) >= 11 is 6.00. The number of hydrogen-bond donors (Lipinski definition) is 1. The van der Waals surface area contributed by atoms with Crippen molar-refractivity contribution in [2.75, 3.05) is 50.5 Å². The third kappa shape index (κ3) is 8.68. The Hall–Kier alpha value is -1.49. The van der Waals surface area contributed by atoms with Gasteiger partial charge in [-0.1, -0.05) is 20.4 Å². The van der Waals surface area contributed by atoms with Crippen LogP contribution >= 0.6 is 11.6 Å². The lowest BCUT2D eigenvalue weighted by atomic mass is 10.4. The van der Waals surface area contributed by atoms with Crippen LogP contribution in [0.5, 0.6) is 0 Å². The molecule has 1 aromatic rings. The van der Waals surface area contributed by atoms with Crippen molar-refractivity contribution in [3.05, 3.63) is 23.9 Å². The zero-order valence-corrected chi connectivity index (χ0v) is 18.5. The van der Waals surface area contributed by atoms with Crippen molar-refractivity contribution < 1.29 is 13.2 Å². The lowest BCUT2D eigenvalue weighted by molar-refractivity contribution is 0.144. The van der Waals surface area contributed by atoms with Gasteiger partial charge in [-0.2, -0.15) is 9.97 Å². The molecular formula is C17H31ClN6O3S. The summed E-state index contributed by atoms with van der Waals surface area (Å²) in [4.78, 5) is 14.4. The van der Waals surface area contributed by atoms with Gasteiger partial charge in [0.25, 0.3) is 0 Å². The van der Waals surface area contributed by atoms with Crippen molar-refractivity contribution in [2.24, 2.45) is 0 Å². The van der Waals surface area contributed by atoms with E-state index in [9.17, 15) is 8.42 Å². The van der Waals surface area contributed by atoms with E-state index in [0.29, 0.717) is 57.7 Å². The second-order valence-electron chi connectivity index (χ2n) is 5.93. The van der Waals surface area contributed by atoms with E-state index in [1.54, 1.807) is 13.1 Å². The molecule has 11 heteroatoms. The molecule has 0 aliphatic carbocycles. The standard InChI is InChI=1S/C17H31ClN6O3S/c1-5-12-27-13-9-19-17-21-15(20-16(18)22-17)14-23(6-2)10-11-24(7-3)28(25,26)8-4/h6H,2,5,7-14H2,1,3-4H3,(H,19,20,21,22). The summed E-state index contributed by atoms with van der Waals surface area (Å²) < 4.78 is 31.0. The topological polar surface area (TPSA) is 101 Å². The fraction of sp³-hybridized carbons (Fsp3) is 0.706. The van der Waals surface area contributed by atoms with E-state index in [1.165, 1.54) is 4.31 Å². The molecule has 0 bridgehead atoms. The van der Waals surface area contributed by atoms with Gasteiger partial charge in [-0.05, 0) is 31.1 Å². The smallest absolute Gasteiger partial charge is 0.227 e. The molecule has 0 spiro atoms. The number of likely N-dealkylation sites (N-methyl/N-ethyl adjacent to an activating group) is 1. The normalized spacial score (nSPS) is 11.6. The van der Waals surface area contributed by atoms with Crippen LogP contribution in [0.3, 0.4) is 0 Å². The second kappa shape index (κ2) is 12.9. The minimum atomic E-state index is -3.23. The fourth-order valence-electron chi connectivity index (χ4n) is 2.36. The lowest BCUT2D eigenvalue weighted by Crippen LogP contribution is -2.38. The fourth-order valence-corrected chi connectivity index (χ4v) is 3.65. The summed E-state index contributed by atoms with van der Waals surface area (Å²) in [5.74, 6) is 0.927. The monoisotopic (exact) mass is 434 g/mol. The third-order valence-electron chi connectivity index (χ3n) is 3.88. The van der Waals surface area contributed by atoms with Crippen molar-refractivity contribution in [1.29, 1.82) is 0 Å². The molecule has 0 aliphatic heterocycles. The third-order valence-corrected chi connectivity index (χ3v) is 6.01. The Labute approximate surface area is 173 Å². The van der Waals surface area contributed by atoms with Gasteiger partial charge in [0.05, 0.1) is 18.9 Å². The number of rotatable bonds is 15. The Balaban J connectivity index is 2.67. The number of sulfonamides is 1. The Morgan fingerprint density at radius 1 is 1.18 bits per heavy atom. The lowest BCUT2D eigenvalue weighted by Gasteiger charge is -2.24. The molecule has 0 fully saturated rings. The average molecular weight is 435 g/mol. The van der Waals surface area contributed by atoms with E-state index < -0.39 is 10.0 Å². The molecule has 28 heavy (non-hydrogen) atoms. The van der Waals surface area contributed by atoms with E-state index in [1.807, 2.05) is 18.7 Å². The number of nitrogens with zero attached hydrogens (tertiary/aromatic N) is 5. The first-order valence-electron chi connectivity index (χ1n) is 9.42. The van der Waals surface area contributed by atoms with Crippen LogP contribution in [0.1, 0.15) is 33.0 Å². The van der Waals surface area contributed by atoms with Gasteiger partial charge in [-0.3, -0.25) is 0 Å². The van der Waals surface area contributed by atoms with Crippen LogP contribution < -0.4 is 5.32 Å². The predicted octanol–water partition coefficient (Wildman–Crippen LogP) is 1.98. The van der Waals surface area contributed by atoms with Crippen molar-refractivity contribution in [2.45, 2.75) is 33.7 Å². The van der Waals surface area contributed by atoms with Crippen molar-refractivity contribution in [1.82, 2.24) is 24.2 Å². The second-order valence-corrected chi connectivity index (χ2v) is 8.52. The maximum atomic E-state index is 12.1. The highest BCUT2D eigenvalue weighted by molar-refractivity contribution is 7.89. The van der Waals surface area contributed by atoms with E-state index in [0.717, 1.165) is 6.42 Å². The molecule has 0 amide bonds. The summed E-state index contributed by atoms with van der Waals surface area (Å²) in [7, 11) is -3.23. The largest absolute Gasteiger partial charge is 0.380 e. The molecule has 1 N–H and O–H groups in total. The average Bonchev–Trinajstić information content (AvgIpc) is 2.66. The quantitative estimate of drug-likeness (QED) is 0.418. The van der Waals surface area contributed by atoms with E-state index in [-0.39, 0.29) is 11.0 Å². The maximum Gasteiger partial charge on any atom is 0.227 e. The van der Waals surface area contributed by atoms with Crippen molar-refractivity contribution in [3.8, 4) is 0 Å². The first-order valence-corrected chi connectivity index (χ1v) is 11.4. The van der Waals surface area contributed by atoms with Gasteiger partial charge in [0.2, 0.25) is 21.3 Å². The minimum Gasteiger partial charge on any atom is -0.380 e. The molecule has 0 saturated carbocycles. The minimum absolute atomic E-state index is 0.0784. The number of ether oxygens (including phenoxy) is 1. The number of nitrogens with one attached hydrogen (secondary N) is 1. The number of halogens is 1. The Kier molecular flexibility index (Phi) is 11.3. The Bertz CT molecular complexity index is 704. The highest BCUT2D eigenvalue weighted by Gasteiger charge is 2.18. The zero-order valence-electron chi connectivity index (χ0n) is 16.9. The van der Waals surface area contributed by atoms with E-state index in [2.05, 4.69) is 26.8 Å². The molecule has 0 atom stereocenters. The molecule has 0 aromatic carbocycles. The molecule has 0 aliphatic rings. The van der Waals surface area contributed by atoms with Crippen LogP contribution in [0.25, 0.3) is 0 Å². The highest BCUT2D eigenvalue weighted by Crippen LogP contribution is 2.09. The van der Waals surface area contributed by atoms with E-state index in [4.69, 9.17) is 16.3 Å². The molecule has 1 aromatic heterocycles. The van der Waals surface area contributed by atoms with Gasteiger partial charge in [-0.15, -0.1) is 0 Å². The SMILES string of the molecule is C=CN(CCN(CC)S(=O)(=O)CC)Cc1nc(Cl)nc(NCCOCCC)n1. The number of aromatic nitrogens is 3. The Morgan fingerprint density at radius 3 is 2.54 bits per heavy atom. The maximum absolute atomic E-state index is 12.1. The number of anilines is 1. The molecule has 160 valence electrons. The van der Waals surface area contributed by atoms with Gasteiger partial charge >= 0.3 is 0 Å². The van der Waals surface area contributed by atoms with Crippen LogP contribution in [-0.4, -0.2) is 77.7 Å². The van der Waals surface area contributed by atoms with Gasteiger partial charge < -0.3 is 15.0 Å². The van der Waals surface area contributed by atoms with Gasteiger partial charge in [0.1, 0.15) is 0 Å². The summed E-state index contributed by atoms with van der Waals surface area (Å²) in [5.41, 5.74) is 0. The van der Waals surface area contributed by atoms with Crippen molar-refractivity contribution in [3.63, 3.8) is 0 Å². The first-order chi connectivity index (χ1) is 13.4. The summed E-state index contributed by atoms with van der Waals surface area (Å²) in [6.45, 7) is 12.7. The van der Waals surface area contributed by atoms with Gasteiger partial charge in [-0.25, -0.2) is 17.7 Å². The van der Waals surface area contributed by atoms with Crippen LogP contribution in [0.15, 0.2) is 12.8 Å². The Morgan fingerprint density at radius 2 is 1.93 bits per heavy atom. The molecule has 0 unspecified atom stereocenters. The first kappa shape index (κ1) is 24.5. The molecular weight excluding hydrogens is 404 g/mol. The van der Waals surface area contributed by atoms with E-state index >= 15 is 0 Å². The molecule has 0 saturated heterocycles. The van der Waals surface area contributed by atoms with Gasteiger partial charge in [0.15, 0.2) is 5.82 Å². The number of hydrogen-bond acceptors (Lipinski definition) is 8. The summed E-state index contributed by atoms with van der Waals surface area (Å²) in [6, 6.07) is 0. The molecule has 1 heterocycles. The van der Waals surface area contributed by atoms with Crippen molar-refractivity contribution >= 4 is 27.6 Å². The summed E-state index contributed by atoms with van der Waals surface area (Å²) in [5, 5.41) is 3.15. The summed E-state index contributed by atoms with van der Waals surface area (Å²) in [6.07, 6.45) is 2.60. The van der Waals surface area contributed by atoms with Crippen LogP contribution in [0.2, 0.25) is 5.28 Å². The van der Waals surface area contributed by atoms with Gasteiger partial charge in [0, 0.05) is 32.8 Å².